The third-order valence-corrected chi connectivity index (χ3v) is 0.808. The molecule has 0 amide bonds. The van der Waals surface area contributed by atoms with Crippen LogP contribution in [0.3, 0.4) is 0 Å². The van der Waals surface area contributed by atoms with Gasteiger partial charge in [0, 0.05) is 12.9 Å². The van der Waals surface area contributed by atoms with E-state index in [1.807, 2.05) is 0 Å². The topological polar surface area (TPSA) is 35.2 Å². The van der Waals surface area contributed by atoms with Crippen molar-refractivity contribution in [2.75, 3.05) is 19.5 Å². The third kappa shape index (κ3) is 42.9. The number of alkyl halides is 3. The highest BCUT2D eigenvalue weighted by Crippen LogP contribution is 1.87. The van der Waals surface area contributed by atoms with E-state index in [2.05, 4.69) is 4.74 Å². The Bertz CT molecular complexity index is 51.0. The zero-order valence-corrected chi connectivity index (χ0v) is 6.34. The SMILES string of the molecule is COCCSN.FC(F)F. The molecule has 0 fully saturated rings. The van der Waals surface area contributed by atoms with Crippen LogP contribution in [-0.2, 0) is 4.74 Å². The molecule has 6 heteroatoms. The van der Waals surface area contributed by atoms with Crippen LogP contribution in [0.1, 0.15) is 0 Å². The molecule has 0 saturated carbocycles. The smallest absolute Gasteiger partial charge is 0.379 e. The maximum absolute atomic E-state index is 9.67. The molecule has 2 nitrogen and oxygen atoms in total. The van der Waals surface area contributed by atoms with Gasteiger partial charge >= 0.3 is 6.68 Å². The quantitative estimate of drug-likeness (QED) is 0.523. The molecule has 0 spiro atoms. The molecule has 0 atom stereocenters. The average molecular weight is 177 g/mol. The molecule has 64 valence electrons. The van der Waals surface area contributed by atoms with Crippen LogP contribution in [0.2, 0.25) is 0 Å². The fourth-order valence-electron chi connectivity index (χ4n) is 0.131. The van der Waals surface area contributed by atoms with Crippen molar-refractivity contribution >= 4 is 11.9 Å². The third-order valence-electron chi connectivity index (χ3n) is 0.405. The molecule has 0 aliphatic rings. The molecule has 10 heavy (non-hydrogen) atoms. The molecule has 0 radical (unpaired) electrons. The van der Waals surface area contributed by atoms with Gasteiger partial charge in [0.25, 0.3) is 0 Å². The highest BCUT2D eigenvalue weighted by molar-refractivity contribution is 7.97. The molecular weight excluding hydrogens is 167 g/mol. The first-order chi connectivity index (χ1) is 4.65. The Labute approximate surface area is 62.0 Å². The van der Waals surface area contributed by atoms with Gasteiger partial charge in [0.1, 0.15) is 0 Å². The van der Waals surface area contributed by atoms with E-state index in [-0.39, 0.29) is 0 Å². The monoisotopic (exact) mass is 177 g/mol. The molecule has 0 heterocycles. The van der Waals surface area contributed by atoms with Gasteiger partial charge < -0.3 is 4.74 Å². The number of nitrogens with two attached hydrogens (primary N) is 1. The lowest BCUT2D eigenvalue weighted by molar-refractivity contribution is 0.00819. The van der Waals surface area contributed by atoms with Crippen LogP contribution in [0.4, 0.5) is 13.2 Å². The van der Waals surface area contributed by atoms with E-state index in [1.165, 1.54) is 11.9 Å². The first kappa shape index (κ1) is 12.7. The van der Waals surface area contributed by atoms with Gasteiger partial charge in [-0.15, -0.1) is 0 Å². The van der Waals surface area contributed by atoms with E-state index in [1.54, 1.807) is 7.11 Å². The van der Waals surface area contributed by atoms with Gasteiger partial charge in [-0.25, -0.2) is 0 Å². The van der Waals surface area contributed by atoms with Crippen molar-refractivity contribution in [3.05, 3.63) is 0 Å². The number of hydrogen-bond acceptors (Lipinski definition) is 3. The number of rotatable bonds is 3. The highest BCUT2D eigenvalue weighted by Gasteiger charge is 1.86. The Morgan fingerprint density at radius 1 is 1.50 bits per heavy atom. The maximum atomic E-state index is 9.67. The Morgan fingerprint density at radius 2 is 1.90 bits per heavy atom. The van der Waals surface area contributed by atoms with Crippen LogP contribution in [0, 0.1) is 0 Å². The van der Waals surface area contributed by atoms with Crippen LogP contribution in [0.5, 0.6) is 0 Å². The largest absolute Gasteiger partial charge is 0.384 e. The minimum atomic E-state index is -3.67. The average Bonchev–Trinajstić information content (AvgIpc) is 1.82. The molecule has 0 aromatic heterocycles. The predicted molar refractivity (Wildman–Crippen MR) is 35.6 cm³/mol. The van der Waals surface area contributed by atoms with E-state index in [0.717, 1.165) is 12.4 Å². The fraction of sp³-hybridized carbons (Fsp3) is 1.00. The van der Waals surface area contributed by atoms with E-state index < -0.39 is 6.68 Å². The van der Waals surface area contributed by atoms with Gasteiger partial charge in [-0.2, -0.15) is 13.2 Å². The van der Waals surface area contributed by atoms with Crippen molar-refractivity contribution < 1.29 is 17.9 Å². The summed E-state index contributed by atoms with van der Waals surface area (Å²) in [7, 11) is 1.66. The second kappa shape index (κ2) is 11.8. The molecule has 0 aromatic carbocycles. The van der Waals surface area contributed by atoms with Gasteiger partial charge in [-0.1, -0.05) is 11.9 Å². The van der Waals surface area contributed by atoms with Crippen molar-refractivity contribution in [1.29, 1.82) is 0 Å². The summed E-state index contributed by atoms with van der Waals surface area (Å²) >= 11 is 1.30. The summed E-state index contributed by atoms with van der Waals surface area (Å²) in [4.78, 5) is 0. The van der Waals surface area contributed by atoms with E-state index in [4.69, 9.17) is 5.14 Å². The second-order valence-electron chi connectivity index (χ2n) is 1.11. The van der Waals surface area contributed by atoms with Gasteiger partial charge in [-0.05, 0) is 0 Å². The van der Waals surface area contributed by atoms with Gasteiger partial charge in [0.05, 0.1) is 6.61 Å². The van der Waals surface area contributed by atoms with Crippen molar-refractivity contribution in [3.63, 3.8) is 0 Å². The lowest BCUT2D eigenvalue weighted by Crippen LogP contribution is -1.93. The van der Waals surface area contributed by atoms with Crippen molar-refractivity contribution in [2.45, 2.75) is 6.68 Å². The lowest BCUT2D eigenvalue weighted by Gasteiger charge is -1.89. The fourth-order valence-corrected chi connectivity index (χ4v) is 0.394. The van der Waals surface area contributed by atoms with Crippen molar-refractivity contribution in [1.82, 2.24) is 0 Å². The van der Waals surface area contributed by atoms with Crippen LogP contribution in [-0.4, -0.2) is 26.1 Å². The second-order valence-corrected chi connectivity index (χ2v) is 1.85. The normalized spacial score (nSPS) is 9.00. The molecule has 0 rings (SSSR count). The van der Waals surface area contributed by atoms with Crippen LogP contribution >= 0.6 is 11.9 Å². The van der Waals surface area contributed by atoms with E-state index >= 15 is 0 Å². The molecule has 0 aliphatic carbocycles. The first-order valence-electron chi connectivity index (χ1n) is 2.38. The summed E-state index contributed by atoms with van der Waals surface area (Å²) in [5.41, 5.74) is 0. The molecule has 0 unspecified atom stereocenters. The Morgan fingerprint density at radius 3 is 2.00 bits per heavy atom. The number of ether oxygens (including phenoxy) is 1. The zero-order valence-electron chi connectivity index (χ0n) is 5.52. The van der Waals surface area contributed by atoms with Crippen molar-refractivity contribution in [3.8, 4) is 0 Å². The van der Waals surface area contributed by atoms with Gasteiger partial charge in [-0.3, -0.25) is 5.14 Å². The van der Waals surface area contributed by atoms with Crippen molar-refractivity contribution in [2.24, 2.45) is 5.14 Å². The molecule has 2 N–H and O–H groups in total. The summed E-state index contributed by atoms with van der Waals surface area (Å²) < 4.78 is 33.7. The van der Waals surface area contributed by atoms with Crippen LogP contribution in [0.15, 0.2) is 0 Å². The van der Waals surface area contributed by atoms with Gasteiger partial charge in [0.15, 0.2) is 0 Å². The zero-order chi connectivity index (χ0) is 8.41. The van der Waals surface area contributed by atoms with Gasteiger partial charge in [0.2, 0.25) is 0 Å². The number of methoxy groups -OCH3 is 1. The highest BCUT2D eigenvalue weighted by atomic mass is 32.2. The lowest BCUT2D eigenvalue weighted by atomic mass is 10.9. The first-order valence-corrected chi connectivity index (χ1v) is 3.42. The number of halogens is 3. The number of hydrogen-bond donors (Lipinski definition) is 1. The molecule has 0 aliphatic heterocycles. The summed E-state index contributed by atoms with van der Waals surface area (Å²) in [6.45, 7) is -2.92. The summed E-state index contributed by atoms with van der Waals surface area (Å²) in [5.74, 6) is 0.885. The predicted octanol–water partition coefficient (Wildman–Crippen LogP) is 1.42. The maximum Gasteiger partial charge on any atom is 0.379 e. The standard InChI is InChI=1S/C3H9NOS.CHF3/c1-5-2-3-6-4;2-1(3)4/h2-4H2,1H3;1H. The molecule has 0 saturated heterocycles. The Balaban J connectivity index is 0. The summed E-state index contributed by atoms with van der Waals surface area (Å²) in [6, 6.07) is 0. The molecule has 0 aromatic rings. The Kier molecular flexibility index (Phi) is 15.0. The molecular formula is C4H10F3NOS. The summed E-state index contributed by atoms with van der Waals surface area (Å²) in [6.07, 6.45) is 0. The van der Waals surface area contributed by atoms with E-state index in [0.29, 0.717) is 0 Å². The minimum Gasteiger partial charge on any atom is -0.384 e. The molecule has 0 bridgehead atoms. The van der Waals surface area contributed by atoms with E-state index in [9.17, 15) is 13.2 Å². The van der Waals surface area contributed by atoms with Crippen LogP contribution in [0.25, 0.3) is 0 Å². The summed E-state index contributed by atoms with van der Waals surface area (Å²) in [5, 5.41) is 5.05. The minimum absolute atomic E-state index is 0.751. The Hall–Kier alpha value is 0.0600. The van der Waals surface area contributed by atoms with Crippen LogP contribution < -0.4 is 5.14 Å².